The maximum Gasteiger partial charge on any atom is 0.223 e. The lowest BCUT2D eigenvalue weighted by Crippen LogP contribution is -2.42. The SMILES string of the molecule is Cc1c(C2CCCN2)n(C(C)C)c2cc(-c3nc(N[C@@H]4CCOC[C@H]4O)ncc3F)ccc2c1=O. The molecule has 9 heteroatoms. The van der Waals surface area contributed by atoms with Crippen molar-refractivity contribution in [3.05, 3.63) is 51.7 Å². The van der Waals surface area contributed by atoms with E-state index in [9.17, 15) is 14.3 Å². The summed E-state index contributed by atoms with van der Waals surface area (Å²) in [5, 5.41) is 17.4. The van der Waals surface area contributed by atoms with Crippen molar-refractivity contribution in [3.8, 4) is 11.3 Å². The predicted molar refractivity (Wildman–Crippen MR) is 133 cm³/mol. The van der Waals surface area contributed by atoms with E-state index in [0.717, 1.165) is 42.4 Å². The van der Waals surface area contributed by atoms with Gasteiger partial charge < -0.3 is 25.0 Å². The summed E-state index contributed by atoms with van der Waals surface area (Å²) >= 11 is 0. The van der Waals surface area contributed by atoms with Crippen molar-refractivity contribution in [2.45, 2.75) is 64.3 Å². The van der Waals surface area contributed by atoms with Crippen molar-refractivity contribution in [1.29, 1.82) is 0 Å². The summed E-state index contributed by atoms with van der Waals surface area (Å²) < 4.78 is 22.4. The Morgan fingerprint density at radius 1 is 1.31 bits per heavy atom. The number of aromatic nitrogens is 3. The molecule has 2 aromatic heterocycles. The van der Waals surface area contributed by atoms with Gasteiger partial charge in [0.05, 0.1) is 30.5 Å². The summed E-state index contributed by atoms with van der Waals surface area (Å²) in [6.07, 6.45) is 3.10. The molecule has 2 saturated heterocycles. The molecule has 35 heavy (non-hydrogen) atoms. The molecule has 2 aliphatic rings. The summed E-state index contributed by atoms with van der Waals surface area (Å²) in [6.45, 7) is 7.79. The summed E-state index contributed by atoms with van der Waals surface area (Å²) in [5.41, 5.74) is 3.25. The van der Waals surface area contributed by atoms with Crippen LogP contribution in [-0.2, 0) is 4.74 Å². The van der Waals surface area contributed by atoms with Gasteiger partial charge in [0.1, 0.15) is 5.69 Å². The third-order valence-corrected chi connectivity index (χ3v) is 7.05. The highest BCUT2D eigenvalue weighted by Gasteiger charge is 2.27. The third kappa shape index (κ3) is 4.44. The number of nitrogens with zero attached hydrogens (tertiary/aromatic N) is 3. The molecule has 5 rings (SSSR count). The molecule has 1 aromatic carbocycles. The zero-order valence-electron chi connectivity index (χ0n) is 20.3. The number of hydrogen-bond acceptors (Lipinski definition) is 7. The van der Waals surface area contributed by atoms with Crippen LogP contribution in [0, 0.1) is 12.7 Å². The molecule has 3 N–H and O–H groups in total. The zero-order valence-corrected chi connectivity index (χ0v) is 20.3. The van der Waals surface area contributed by atoms with Gasteiger partial charge in [-0.05, 0) is 58.7 Å². The van der Waals surface area contributed by atoms with Crippen molar-refractivity contribution in [2.24, 2.45) is 0 Å². The number of ether oxygens (including phenoxy) is 1. The van der Waals surface area contributed by atoms with Crippen molar-refractivity contribution in [1.82, 2.24) is 19.9 Å². The first kappa shape index (κ1) is 23.8. The molecule has 0 bridgehead atoms. The molecule has 3 atom stereocenters. The van der Waals surface area contributed by atoms with E-state index in [1.165, 1.54) is 0 Å². The van der Waals surface area contributed by atoms with Crippen LogP contribution >= 0.6 is 0 Å². The van der Waals surface area contributed by atoms with Crippen LogP contribution in [0.2, 0.25) is 0 Å². The van der Waals surface area contributed by atoms with Gasteiger partial charge in [-0.1, -0.05) is 6.07 Å². The van der Waals surface area contributed by atoms with Gasteiger partial charge in [0.15, 0.2) is 11.2 Å². The number of hydrogen-bond donors (Lipinski definition) is 3. The summed E-state index contributed by atoms with van der Waals surface area (Å²) in [6, 6.07) is 5.31. The minimum absolute atomic E-state index is 0.00571. The second-order valence-electron chi connectivity index (χ2n) is 9.76. The van der Waals surface area contributed by atoms with Crippen LogP contribution < -0.4 is 16.1 Å². The highest BCUT2D eigenvalue weighted by atomic mass is 19.1. The van der Waals surface area contributed by atoms with Crippen molar-refractivity contribution in [3.63, 3.8) is 0 Å². The Hall–Kier alpha value is -2.88. The molecule has 186 valence electrons. The van der Waals surface area contributed by atoms with E-state index < -0.39 is 11.9 Å². The molecule has 2 fully saturated rings. The average Bonchev–Trinajstić information content (AvgIpc) is 3.38. The molecule has 4 heterocycles. The molecular formula is C26H32FN5O3. The Kier molecular flexibility index (Phi) is 6.57. The largest absolute Gasteiger partial charge is 0.389 e. The predicted octanol–water partition coefficient (Wildman–Crippen LogP) is 3.47. The van der Waals surface area contributed by atoms with Gasteiger partial charge in [-0.2, -0.15) is 0 Å². The zero-order chi connectivity index (χ0) is 24.7. The van der Waals surface area contributed by atoms with Crippen LogP contribution in [0.15, 0.2) is 29.2 Å². The molecule has 0 amide bonds. The van der Waals surface area contributed by atoms with E-state index in [1.807, 2.05) is 13.0 Å². The first-order valence-electron chi connectivity index (χ1n) is 12.3. The Labute approximate surface area is 203 Å². The highest BCUT2D eigenvalue weighted by Crippen LogP contribution is 2.32. The number of nitrogens with one attached hydrogen (secondary N) is 2. The smallest absolute Gasteiger partial charge is 0.223 e. The van der Waals surface area contributed by atoms with Crippen LogP contribution in [0.4, 0.5) is 10.3 Å². The van der Waals surface area contributed by atoms with E-state index in [1.54, 1.807) is 12.1 Å². The second-order valence-corrected chi connectivity index (χ2v) is 9.76. The topological polar surface area (TPSA) is 101 Å². The van der Waals surface area contributed by atoms with Gasteiger partial charge in [0, 0.05) is 40.9 Å². The number of halogens is 1. The summed E-state index contributed by atoms with van der Waals surface area (Å²) in [4.78, 5) is 21.8. The third-order valence-electron chi connectivity index (χ3n) is 7.05. The van der Waals surface area contributed by atoms with Crippen LogP contribution in [0.5, 0.6) is 0 Å². The molecule has 8 nitrogen and oxygen atoms in total. The van der Waals surface area contributed by atoms with Crippen LogP contribution in [0.1, 0.15) is 56.5 Å². The molecule has 3 aromatic rings. The standard InChI is InChI=1S/C26H32FN5O3/c1-14(2)32-21-11-16(6-7-17(21)25(34)15(3)24(32)20-5-4-9-28-20)23-18(27)12-29-26(31-23)30-19-8-10-35-13-22(19)33/h6-7,11-12,14,19-20,22,28,33H,4-5,8-10,13H2,1-3H3,(H,29,30,31)/t19-,20?,22-/m1/s1. The van der Waals surface area contributed by atoms with Gasteiger partial charge >= 0.3 is 0 Å². The van der Waals surface area contributed by atoms with Crippen molar-refractivity contribution in [2.75, 3.05) is 25.1 Å². The number of aliphatic hydroxyl groups is 1. The van der Waals surface area contributed by atoms with Crippen LogP contribution in [0.25, 0.3) is 22.2 Å². The molecule has 0 aliphatic carbocycles. The van der Waals surface area contributed by atoms with E-state index in [0.29, 0.717) is 24.0 Å². The Morgan fingerprint density at radius 3 is 2.86 bits per heavy atom. The van der Waals surface area contributed by atoms with Gasteiger partial charge in [0.2, 0.25) is 5.95 Å². The number of benzene rings is 1. The number of aliphatic hydroxyl groups excluding tert-OH is 1. The van der Waals surface area contributed by atoms with E-state index in [4.69, 9.17) is 4.74 Å². The number of fused-ring (bicyclic) bond motifs is 1. The maximum absolute atomic E-state index is 14.9. The minimum atomic E-state index is -0.687. The highest BCUT2D eigenvalue weighted by molar-refractivity contribution is 5.85. The normalized spacial score (nSPS) is 22.7. The maximum atomic E-state index is 14.9. The molecule has 2 aliphatic heterocycles. The molecular weight excluding hydrogens is 449 g/mol. The van der Waals surface area contributed by atoms with Gasteiger partial charge in [-0.15, -0.1) is 0 Å². The lowest BCUT2D eigenvalue weighted by Gasteiger charge is -2.28. The fourth-order valence-corrected chi connectivity index (χ4v) is 5.30. The Morgan fingerprint density at radius 2 is 2.14 bits per heavy atom. The van der Waals surface area contributed by atoms with E-state index in [-0.39, 0.29) is 41.8 Å². The Bertz CT molecular complexity index is 1300. The Balaban J connectivity index is 1.62. The van der Waals surface area contributed by atoms with Gasteiger partial charge in [-0.25, -0.2) is 14.4 Å². The fourth-order valence-electron chi connectivity index (χ4n) is 5.30. The first-order valence-corrected chi connectivity index (χ1v) is 12.3. The van der Waals surface area contributed by atoms with Crippen LogP contribution in [0.3, 0.4) is 0 Å². The number of anilines is 1. The number of rotatable bonds is 5. The quantitative estimate of drug-likeness (QED) is 0.513. The van der Waals surface area contributed by atoms with E-state index in [2.05, 4.69) is 39.0 Å². The lowest BCUT2D eigenvalue weighted by molar-refractivity contribution is -0.0136. The van der Waals surface area contributed by atoms with Gasteiger partial charge in [0.25, 0.3) is 0 Å². The monoisotopic (exact) mass is 481 g/mol. The number of pyridine rings is 1. The molecule has 1 unspecified atom stereocenters. The van der Waals surface area contributed by atoms with Crippen molar-refractivity contribution >= 4 is 16.9 Å². The van der Waals surface area contributed by atoms with Gasteiger partial charge in [-0.3, -0.25) is 4.79 Å². The average molecular weight is 482 g/mol. The molecule has 0 saturated carbocycles. The minimum Gasteiger partial charge on any atom is -0.389 e. The summed E-state index contributed by atoms with van der Waals surface area (Å²) in [5.74, 6) is -0.306. The second kappa shape index (κ2) is 9.64. The summed E-state index contributed by atoms with van der Waals surface area (Å²) in [7, 11) is 0. The van der Waals surface area contributed by atoms with E-state index >= 15 is 0 Å². The molecule has 0 radical (unpaired) electrons. The van der Waals surface area contributed by atoms with Crippen molar-refractivity contribution < 1.29 is 14.2 Å². The lowest BCUT2D eigenvalue weighted by atomic mass is 9.99. The fraction of sp³-hybridized carbons (Fsp3) is 0.500. The first-order chi connectivity index (χ1) is 16.8. The van der Waals surface area contributed by atoms with Crippen LogP contribution in [-0.4, -0.2) is 51.5 Å². The molecule has 0 spiro atoms.